The molecule has 1 aliphatic rings. The zero-order valence-corrected chi connectivity index (χ0v) is 18.4. The maximum Gasteiger partial charge on any atom is 0.265 e. The van der Waals surface area contributed by atoms with E-state index in [-0.39, 0.29) is 23.1 Å². The number of aryl methyl sites for hydroxylation is 2. The van der Waals surface area contributed by atoms with E-state index in [2.05, 4.69) is 10.3 Å². The number of nitrogens with one attached hydrogen (secondary N) is 1. The number of fused-ring (bicyclic) bond motifs is 1. The van der Waals surface area contributed by atoms with Crippen LogP contribution in [0.4, 0.5) is 0 Å². The van der Waals surface area contributed by atoms with E-state index in [0.717, 1.165) is 47.9 Å². The van der Waals surface area contributed by atoms with Crippen LogP contribution in [0.25, 0.3) is 22.2 Å². The van der Waals surface area contributed by atoms with E-state index < -0.39 is 0 Å². The van der Waals surface area contributed by atoms with Crippen LogP contribution in [0, 0.1) is 6.92 Å². The first-order valence-electron chi connectivity index (χ1n) is 11.0. The zero-order chi connectivity index (χ0) is 22.0. The number of aromatic nitrogens is 2. The Kier molecular flexibility index (Phi) is 6.07. The third-order valence-corrected chi connectivity index (χ3v) is 6.27. The molecule has 0 bridgehead atoms. The van der Waals surface area contributed by atoms with Gasteiger partial charge in [-0.05, 0) is 56.0 Å². The molecule has 1 aromatic carbocycles. The topological polar surface area (TPSA) is 73.2 Å². The number of ether oxygens (including phenoxy) is 1. The molecule has 1 N–H and O–H groups in total. The van der Waals surface area contributed by atoms with Crippen molar-refractivity contribution in [3.63, 3.8) is 0 Å². The van der Waals surface area contributed by atoms with Crippen LogP contribution >= 0.6 is 0 Å². The lowest BCUT2D eigenvalue weighted by Gasteiger charge is -2.23. The van der Waals surface area contributed by atoms with Crippen LogP contribution in [0.5, 0.6) is 5.75 Å². The number of methoxy groups -OCH3 is 1. The second-order valence-electron chi connectivity index (χ2n) is 8.18. The number of hydrogen-bond acceptors (Lipinski definition) is 4. The number of nitrogens with zero attached hydrogens (tertiary/aromatic N) is 2. The number of carbonyl (C=O) groups excluding carboxylic acids is 1. The summed E-state index contributed by atoms with van der Waals surface area (Å²) in [5.41, 5.74) is 3.17. The van der Waals surface area contributed by atoms with Crippen molar-refractivity contribution in [2.45, 2.75) is 58.5 Å². The number of rotatable bonds is 5. The van der Waals surface area contributed by atoms with Gasteiger partial charge in [0.05, 0.1) is 7.11 Å². The van der Waals surface area contributed by atoms with E-state index in [1.165, 1.54) is 6.42 Å². The summed E-state index contributed by atoms with van der Waals surface area (Å²) in [7, 11) is 1.64. The Morgan fingerprint density at radius 1 is 1.16 bits per heavy atom. The van der Waals surface area contributed by atoms with Gasteiger partial charge in [-0.25, -0.2) is 4.98 Å². The minimum absolute atomic E-state index is 0.148. The van der Waals surface area contributed by atoms with Gasteiger partial charge in [0.25, 0.3) is 11.5 Å². The van der Waals surface area contributed by atoms with Gasteiger partial charge < -0.3 is 10.1 Å². The predicted octanol–water partition coefficient (Wildman–Crippen LogP) is 4.46. The maximum atomic E-state index is 13.2. The Hall–Kier alpha value is -3.15. The largest absolute Gasteiger partial charge is 0.497 e. The fourth-order valence-corrected chi connectivity index (χ4v) is 4.48. The lowest BCUT2D eigenvalue weighted by atomic mass is 9.95. The Bertz CT molecular complexity index is 1160. The van der Waals surface area contributed by atoms with E-state index in [4.69, 9.17) is 4.74 Å². The van der Waals surface area contributed by atoms with E-state index >= 15 is 0 Å². The van der Waals surface area contributed by atoms with Gasteiger partial charge in [-0.15, -0.1) is 0 Å². The van der Waals surface area contributed by atoms with Gasteiger partial charge in [0, 0.05) is 29.7 Å². The quantitative estimate of drug-likeness (QED) is 0.663. The molecule has 3 aromatic rings. The average molecular weight is 420 g/mol. The van der Waals surface area contributed by atoms with Gasteiger partial charge in [-0.2, -0.15) is 0 Å². The highest BCUT2D eigenvalue weighted by atomic mass is 16.5. The summed E-state index contributed by atoms with van der Waals surface area (Å²) in [6, 6.07) is 9.93. The van der Waals surface area contributed by atoms with Crippen molar-refractivity contribution >= 4 is 16.9 Å². The summed E-state index contributed by atoms with van der Waals surface area (Å²) in [5.74, 6) is 0.517. The molecule has 6 heteroatoms. The van der Waals surface area contributed by atoms with Crippen molar-refractivity contribution < 1.29 is 9.53 Å². The van der Waals surface area contributed by atoms with Crippen LogP contribution in [0.3, 0.4) is 0 Å². The lowest BCUT2D eigenvalue weighted by Crippen LogP contribution is -2.40. The Balaban J connectivity index is 1.80. The van der Waals surface area contributed by atoms with Crippen LogP contribution in [0.1, 0.15) is 54.9 Å². The van der Waals surface area contributed by atoms with Crippen LogP contribution in [0.15, 0.2) is 41.3 Å². The van der Waals surface area contributed by atoms with Crippen molar-refractivity contribution in [2.24, 2.45) is 0 Å². The lowest BCUT2D eigenvalue weighted by molar-refractivity contribution is 0.0925. The van der Waals surface area contributed by atoms with Crippen molar-refractivity contribution in [1.82, 2.24) is 14.9 Å². The molecule has 31 heavy (non-hydrogen) atoms. The summed E-state index contributed by atoms with van der Waals surface area (Å²) >= 11 is 0. The first-order valence-corrected chi connectivity index (χ1v) is 11.0. The second kappa shape index (κ2) is 8.92. The fourth-order valence-electron chi connectivity index (χ4n) is 4.48. The summed E-state index contributed by atoms with van der Waals surface area (Å²) in [5, 5.41) is 3.93. The summed E-state index contributed by atoms with van der Waals surface area (Å²) in [4.78, 5) is 30.9. The third-order valence-electron chi connectivity index (χ3n) is 6.27. The van der Waals surface area contributed by atoms with Crippen molar-refractivity contribution in [2.75, 3.05) is 7.11 Å². The average Bonchev–Trinajstić information content (AvgIpc) is 2.80. The van der Waals surface area contributed by atoms with Gasteiger partial charge in [0.1, 0.15) is 17.0 Å². The van der Waals surface area contributed by atoms with Crippen molar-refractivity contribution in [3.8, 4) is 16.9 Å². The molecule has 2 heterocycles. The maximum absolute atomic E-state index is 13.2. The smallest absolute Gasteiger partial charge is 0.265 e. The first kappa shape index (κ1) is 21.1. The summed E-state index contributed by atoms with van der Waals surface area (Å²) < 4.78 is 6.84. The van der Waals surface area contributed by atoms with Gasteiger partial charge in [0.15, 0.2) is 0 Å². The highest BCUT2D eigenvalue weighted by Gasteiger charge is 2.23. The van der Waals surface area contributed by atoms with Crippen molar-refractivity contribution in [1.29, 1.82) is 0 Å². The van der Waals surface area contributed by atoms with E-state index in [9.17, 15) is 9.59 Å². The van der Waals surface area contributed by atoms with Gasteiger partial charge in [-0.3, -0.25) is 14.2 Å². The SMILES string of the molecule is CCn1c(=O)c(C(=O)NC2CCCCC2)c(C)c2cc(-c3ccc(OC)cc3)cnc21. The molecule has 4 rings (SSSR count). The Morgan fingerprint density at radius 3 is 2.52 bits per heavy atom. The van der Waals surface area contributed by atoms with Gasteiger partial charge >= 0.3 is 0 Å². The molecule has 1 amide bonds. The highest BCUT2D eigenvalue weighted by Crippen LogP contribution is 2.27. The third kappa shape index (κ3) is 4.07. The predicted molar refractivity (Wildman–Crippen MR) is 123 cm³/mol. The van der Waals surface area contributed by atoms with E-state index in [1.807, 2.05) is 44.2 Å². The normalized spacial score (nSPS) is 14.5. The molecule has 0 spiro atoms. The molecular weight excluding hydrogens is 390 g/mol. The molecular formula is C25H29N3O3. The van der Waals surface area contributed by atoms with Gasteiger partial charge in [0.2, 0.25) is 0 Å². The number of pyridine rings is 2. The number of carbonyl (C=O) groups is 1. The van der Waals surface area contributed by atoms with E-state index in [0.29, 0.717) is 17.8 Å². The summed E-state index contributed by atoms with van der Waals surface area (Å²) in [6.45, 7) is 4.20. The molecule has 0 saturated heterocycles. The minimum atomic E-state index is -0.273. The zero-order valence-electron chi connectivity index (χ0n) is 18.4. The monoisotopic (exact) mass is 419 g/mol. The van der Waals surface area contributed by atoms with Crippen LogP contribution in [-0.2, 0) is 6.54 Å². The second-order valence-corrected chi connectivity index (χ2v) is 8.18. The highest BCUT2D eigenvalue weighted by molar-refractivity contribution is 6.00. The standard InChI is InChI=1S/C25H29N3O3/c1-4-28-23-21(14-18(15-26-23)17-10-12-20(31-3)13-11-17)16(2)22(25(28)30)24(29)27-19-8-6-5-7-9-19/h10-15,19H,4-9H2,1-3H3,(H,27,29). The summed E-state index contributed by atoms with van der Waals surface area (Å²) in [6.07, 6.45) is 7.18. The molecule has 1 aliphatic carbocycles. The minimum Gasteiger partial charge on any atom is -0.497 e. The molecule has 0 radical (unpaired) electrons. The van der Waals surface area contributed by atoms with Crippen LogP contribution in [-0.4, -0.2) is 28.6 Å². The van der Waals surface area contributed by atoms with Crippen LogP contribution in [0.2, 0.25) is 0 Å². The Labute approximate surface area is 182 Å². The number of amides is 1. The van der Waals surface area contributed by atoms with Gasteiger partial charge in [-0.1, -0.05) is 31.4 Å². The molecule has 162 valence electrons. The molecule has 0 atom stereocenters. The number of hydrogen-bond donors (Lipinski definition) is 1. The van der Waals surface area contributed by atoms with Crippen molar-refractivity contribution in [3.05, 3.63) is 58.0 Å². The molecule has 2 aromatic heterocycles. The first-order chi connectivity index (χ1) is 15.0. The van der Waals surface area contributed by atoms with Crippen LogP contribution < -0.4 is 15.6 Å². The molecule has 6 nitrogen and oxygen atoms in total. The Morgan fingerprint density at radius 2 is 1.87 bits per heavy atom. The van der Waals surface area contributed by atoms with E-state index in [1.54, 1.807) is 17.9 Å². The number of benzene rings is 1. The molecule has 0 aliphatic heterocycles. The molecule has 0 unspecified atom stereocenters. The molecule has 1 fully saturated rings. The fraction of sp³-hybridized carbons (Fsp3) is 0.400. The molecule has 1 saturated carbocycles.